The molecule has 5 nitrogen and oxygen atoms in total. The number of para-hydroxylation sites is 1. The van der Waals surface area contributed by atoms with Crippen LogP contribution < -0.4 is 5.32 Å². The van der Waals surface area contributed by atoms with Gasteiger partial charge < -0.3 is 10.2 Å². The van der Waals surface area contributed by atoms with Crippen LogP contribution in [0.15, 0.2) is 73.1 Å². The summed E-state index contributed by atoms with van der Waals surface area (Å²) in [6.07, 6.45) is 4.69. The maximum Gasteiger partial charge on any atom is 0.321 e. The van der Waals surface area contributed by atoms with E-state index in [0.717, 1.165) is 30.8 Å². The van der Waals surface area contributed by atoms with E-state index in [1.54, 1.807) is 6.20 Å². The lowest BCUT2D eigenvalue weighted by Crippen LogP contribution is -2.33. The van der Waals surface area contributed by atoms with E-state index in [0.29, 0.717) is 12.5 Å². The summed E-state index contributed by atoms with van der Waals surface area (Å²) in [6, 6.07) is 20.2. The average molecular weight is 346 g/mol. The first-order valence-corrected chi connectivity index (χ1v) is 8.96. The smallest absolute Gasteiger partial charge is 0.321 e. The number of carbonyl (C=O) groups excluding carboxylic acids is 1. The number of hydrogen-bond acceptors (Lipinski definition) is 2. The summed E-state index contributed by atoms with van der Waals surface area (Å²) in [4.78, 5) is 14.6. The van der Waals surface area contributed by atoms with Gasteiger partial charge in [0, 0.05) is 37.1 Å². The van der Waals surface area contributed by atoms with Crippen LogP contribution in [0.5, 0.6) is 0 Å². The average Bonchev–Trinajstić information content (AvgIpc) is 3.36. The van der Waals surface area contributed by atoms with E-state index < -0.39 is 0 Å². The molecule has 1 atom stereocenters. The van der Waals surface area contributed by atoms with Crippen LogP contribution in [0, 0.1) is 0 Å². The molecule has 2 heterocycles. The predicted octanol–water partition coefficient (Wildman–Crippen LogP) is 3.95. The van der Waals surface area contributed by atoms with Crippen molar-refractivity contribution in [1.29, 1.82) is 0 Å². The van der Waals surface area contributed by atoms with Gasteiger partial charge in [0.1, 0.15) is 0 Å². The number of aromatic nitrogens is 2. The van der Waals surface area contributed by atoms with Crippen molar-refractivity contribution in [2.75, 3.05) is 18.4 Å². The van der Waals surface area contributed by atoms with Gasteiger partial charge >= 0.3 is 6.03 Å². The van der Waals surface area contributed by atoms with Crippen molar-refractivity contribution in [2.45, 2.75) is 18.9 Å². The number of benzene rings is 2. The molecular formula is C21H22N4O. The molecule has 1 aromatic heterocycles. The van der Waals surface area contributed by atoms with Gasteiger partial charge in [-0.2, -0.15) is 5.10 Å². The zero-order chi connectivity index (χ0) is 17.8. The highest BCUT2D eigenvalue weighted by molar-refractivity contribution is 5.90. The fourth-order valence-corrected chi connectivity index (χ4v) is 3.48. The molecule has 1 N–H and O–H groups in total. The molecule has 0 unspecified atom stereocenters. The van der Waals surface area contributed by atoms with Crippen molar-refractivity contribution in [3.8, 4) is 0 Å². The molecule has 0 aliphatic carbocycles. The third-order valence-electron chi connectivity index (χ3n) is 4.90. The van der Waals surface area contributed by atoms with Gasteiger partial charge in [0.2, 0.25) is 0 Å². The summed E-state index contributed by atoms with van der Waals surface area (Å²) in [5, 5.41) is 7.33. The Morgan fingerprint density at radius 3 is 2.69 bits per heavy atom. The van der Waals surface area contributed by atoms with E-state index in [4.69, 9.17) is 0 Å². The maximum absolute atomic E-state index is 12.7. The Bertz CT molecular complexity index is 861. The molecular weight excluding hydrogens is 324 g/mol. The Morgan fingerprint density at radius 2 is 1.88 bits per heavy atom. The van der Waals surface area contributed by atoms with Crippen molar-refractivity contribution >= 4 is 11.7 Å². The molecule has 0 spiro atoms. The molecule has 1 fully saturated rings. The summed E-state index contributed by atoms with van der Waals surface area (Å²) in [7, 11) is 0. The molecule has 132 valence electrons. The number of nitrogens with one attached hydrogen (secondary N) is 1. The lowest BCUT2D eigenvalue weighted by Gasteiger charge is -2.19. The second kappa shape index (κ2) is 7.44. The van der Waals surface area contributed by atoms with E-state index >= 15 is 0 Å². The fourth-order valence-electron chi connectivity index (χ4n) is 3.48. The SMILES string of the molecule is O=C(Nc1ccccc1Cn1cccn1)N1CC[C@H](c2ccccc2)C1. The summed E-state index contributed by atoms with van der Waals surface area (Å²) >= 11 is 0. The minimum absolute atomic E-state index is 0.0312. The number of carbonyl (C=O) groups is 1. The number of hydrogen-bond donors (Lipinski definition) is 1. The van der Waals surface area contributed by atoms with Crippen molar-refractivity contribution < 1.29 is 4.79 Å². The van der Waals surface area contributed by atoms with Crippen molar-refractivity contribution in [2.24, 2.45) is 0 Å². The van der Waals surface area contributed by atoms with Gasteiger partial charge in [-0.3, -0.25) is 4.68 Å². The molecule has 2 amide bonds. The highest BCUT2D eigenvalue weighted by atomic mass is 16.2. The van der Waals surface area contributed by atoms with Crippen LogP contribution in [0.25, 0.3) is 0 Å². The summed E-state index contributed by atoms with van der Waals surface area (Å²) in [5.41, 5.74) is 3.20. The molecule has 0 bridgehead atoms. The van der Waals surface area contributed by atoms with Crippen LogP contribution in [0.1, 0.15) is 23.5 Å². The second-order valence-electron chi connectivity index (χ2n) is 6.63. The number of amides is 2. The number of likely N-dealkylation sites (tertiary alicyclic amines) is 1. The van der Waals surface area contributed by atoms with Gasteiger partial charge in [-0.05, 0) is 29.7 Å². The van der Waals surface area contributed by atoms with Gasteiger partial charge in [-0.25, -0.2) is 4.79 Å². The maximum atomic E-state index is 12.7. The lowest BCUT2D eigenvalue weighted by atomic mass is 9.99. The Labute approximate surface area is 153 Å². The highest BCUT2D eigenvalue weighted by Crippen LogP contribution is 2.27. The molecule has 1 saturated heterocycles. The van der Waals surface area contributed by atoms with Crippen LogP contribution in [0.2, 0.25) is 0 Å². The zero-order valence-corrected chi connectivity index (χ0v) is 14.6. The van der Waals surface area contributed by atoms with E-state index in [9.17, 15) is 4.79 Å². The first-order chi connectivity index (χ1) is 12.8. The minimum Gasteiger partial charge on any atom is -0.324 e. The van der Waals surface area contributed by atoms with Gasteiger partial charge in [0.25, 0.3) is 0 Å². The van der Waals surface area contributed by atoms with Crippen LogP contribution in [0.3, 0.4) is 0 Å². The molecule has 1 aliphatic heterocycles. The molecule has 4 rings (SSSR count). The summed E-state index contributed by atoms with van der Waals surface area (Å²) in [6.45, 7) is 2.18. The predicted molar refractivity (Wildman–Crippen MR) is 102 cm³/mol. The van der Waals surface area contributed by atoms with E-state index in [2.05, 4.69) is 34.7 Å². The van der Waals surface area contributed by atoms with Crippen LogP contribution in [-0.4, -0.2) is 33.8 Å². The molecule has 0 radical (unpaired) electrons. The van der Waals surface area contributed by atoms with Crippen molar-refractivity contribution in [3.05, 3.63) is 84.2 Å². The zero-order valence-electron chi connectivity index (χ0n) is 14.6. The Hall–Kier alpha value is -3.08. The van der Waals surface area contributed by atoms with Gasteiger partial charge in [0.15, 0.2) is 0 Å². The first kappa shape index (κ1) is 16.4. The first-order valence-electron chi connectivity index (χ1n) is 8.96. The standard InChI is InChI=1S/C21H22N4O/c26-21(24-14-11-18(15-24)17-7-2-1-3-8-17)23-20-10-5-4-9-19(20)16-25-13-6-12-22-25/h1-10,12-13,18H,11,14-16H2,(H,23,26)/t18-/m0/s1. The Morgan fingerprint density at radius 1 is 1.08 bits per heavy atom. The molecule has 5 heteroatoms. The third-order valence-corrected chi connectivity index (χ3v) is 4.90. The van der Waals surface area contributed by atoms with E-state index in [-0.39, 0.29) is 6.03 Å². The van der Waals surface area contributed by atoms with Gasteiger partial charge in [0.05, 0.1) is 6.54 Å². The Balaban J connectivity index is 1.43. The van der Waals surface area contributed by atoms with E-state index in [1.165, 1.54) is 5.56 Å². The summed E-state index contributed by atoms with van der Waals surface area (Å²) < 4.78 is 1.85. The van der Waals surface area contributed by atoms with Gasteiger partial charge in [-0.1, -0.05) is 48.5 Å². The quantitative estimate of drug-likeness (QED) is 0.777. The van der Waals surface area contributed by atoms with E-state index in [1.807, 2.05) is 52.2 Å². The van der Waals surface area contributed by atoms with Crippen LogP contribution >= 0.6 is 0 Å². The monoisotopic (exact) mass is 346 g/mol. The second-order valence-corrected chi connectivity index (χ2v) is 6.63. The largest absolute Gasteiger partial charge is 0.324 e. The topological polar surface area (TPSA) is 50.2 Å². The van der Waals surface area contributed by atoms with Crippen molar-refractivity contribution in [3.63, 3.8) is 0 Å². The number of rotatable bonds is 4. The minimum atomic E-state index is -0.0312. The van der Waals surface area contributed by atoms with Crippen LogP contribution in [0.4, 0.5) is 10.5 Å². The number of anilines is 1. The third kappa shape index (κ3) is 3.61. The number of urea groups is 1. The lowest BCUT2D eigenvalue weighted by molar-refractivity contribution is 0.222. The molecule has 2 aromatic carbocycles. The molecule has 3 aromatic rings. The van der Waals surface area contributed by atoms with Crippen LogP contribution in [-0.2, 0) is 6.54 Å². The molecule has 26 heavy (non-hydrogen) atoms. The van der Waals surface area contributed by atoms with Gasteiger partial charge in [-0.15, -0.1) is 0 Å². The number of nitrogens with zero attached hydrogens (tertiary/aromatic N) is 3. The summed E-state index contributed by atoms with van der Waals surface area (Å²) in [5.74, 6) is 0.418. The van der Waals surface area contributed by atoms with Crippen molar-refractivity contribution in [1.82, 2.24) is 14.7 Å². The normalized spacial score (nSPS) is 16.6. The Kier molecular flexibility index (Phi) is 4.69. The highest BCUT2D eigenvalue weighted by Gasteiger charge is 2.27. The molecule has 1 aliphatic rings. The molecule has 0 saturated carbocycles. The fraction of sp³-hybridized carbons (Fsp3) is 0.238.